The van der Waals surface area contributed by atoms with Gasteiger partial charge in [-0.05, 0) is 37.1 Å². The molecule has 5 nitrogen and oxygen atoms in total. The molecule has 0 aromatic heterocycles. The maximum Gasteiger partial charge on any atom is 0.315 e. The third-order valence-electron chi connectivity index (χ3n) is 3.51. The molecule has 1 aliphatic heterocycles. The predicted molar refractivity (Wildman–Crippen MR) is 78.9 cm³/mol. The molecule has 3 N–H and O–H groups in total. The zero-order valence-electron chi connectivity index (χ0n) is 11.9. The Kier molecular flexibility index (Phi) is 5.68. The molecule has 1 atom stereocenters. The van der Waals surface area contributed by atoms with E-state index in [9.17, 15) is 4.79 Å². The fourth-order valence-electron chi connectivity index (χ4n) is 2.34. The van der Waals surface area contributed by atoms with Gasteiger partial charge in [0.1, 0.15) is 5.75 Å². The van der Waals surface area contributed by atoms with E-state index in [0.717, 1.165) is 24.3 Å². The summed E-state index contributed by atoms with van der Waals surface area (Å²) in [5.74, 6) is 0.802. The van der Waals surface area contributed by atoms with E-state index in [4.69, 9.17) is 4.74 Å². The first-order valence-corrected chi connectivity index (χ1v) is 7.16. The lowest BCUT2D eigenvalue weighted by molar-refractivity contribution is 0.238. The third-order valence-corrected chi connectivity index (χ3v) is 3.51. The highest BCUT2D eigenvalue weighted by molar-refractivity contribution is 5.73. The Balaban J connectivity index is 1.68. The van der Waals surface area contributed by atoms with E-state index in [1.807, 2.05) is 24.3 Å². The van der Waals surface area contributed by atoms with E-state index in [2.05, 4.69) is 16.0 Å². The summed E-state index contributed by atoms with van der Waals surface area (Å²) in [6, 6.07) is 7.97. The summed E-state index contributed by atoms with van der Waals surface area (Å²) in [6.07, 6.45) is 3.61. The van der Waals surface area contributed by atoms with Crippen molar-refractivity contribution in [1.82, 2.24) is 16.0 Å². The van der Waals surface area contributed by atoms with E-state index >= 15 is 0 Å². The Bertz CT molecular complexity index is 431. The Hall–Kier alpha value is -1.75. The van der Waals surface area contributed by atoms with Crippen molar-refractivity contribution in [2.45, 2.75) is 31.8 Å². The molecule has 1 saturated heterocycles. The van der Waals surface area contributed by atoms with E-state index in [0.29, 0.717) is 19.1 Å². The van der Waals surface area contributed by atoms with Gasteiger partial charge in [0.05, 0.1) is 7.11 Å². The zero-order valence-corrected chi connectivity index (χ0v) is 11.9. The van der Waals surface area contributed by atoms with E-state index in [-0.39, 0.29) is 6.03 Å². The van der Waals surface area contributed by atoms with Gasteiger partial charge in [0.2, 0.25) is 0 Å². The van der Waals surface area contributed by atoms with Gasteiger partial charge in [0.15, 0.2) is 0 Å². The van der Waals surface area contributed by atoms with Crippen LogP contribution >= 0.6 is 0 Å². The van der Waals surface area contributed by atoms with Gasteiger partial charge >= 0.3 is 6.03 Å². The Labute approximate surface area is 120 Å². The van der Waals surface area contributed by atoms with E-state index in [1.165, 1.54) is 12.8 Å². The number of ether oxygens (including phenoxy) is 1. The van der Waals surface area contributed by atoms with Crippen molar-refractivity contribution < 1.29 is 9.53 Å². The van der Waals surface area contributed by atoms with Crippen LogP contribution in [-0.2, 0) is 6.54 Å². The molecule has 110 valence electrons. The molecule has 0 saturated carbocycles. The number of carbonyl (C=O) groups is 1. The summed E-state index contributed by atoms with van der Waals surface area (Å²) >= 11 is 0. The van der Waals surface area contributed by atoms with Crippen molar-refractivity contribution >= 4 is 6.03 Å². The Morgan fingerprint density at radius 1 is 1.40 bits per heavy atom. The molecule has 0 radical (unpaired) electrons. The van der Waals surface area contributed by atoms with Crippen LogP contribution in [0.2, 0.25) is 0 Å². The van der Waals surface area contributed by atoms with Gasteiger partial charge in [-0.25, -0.2) is 4.79 Å². The number of benzene rings is 1. The van der Waals surface area contributed by atoms with Gasteiger partial charge in [-0.1, -0.05) is 18.6 Å². The van der Waals surface area contributed by atoms with Crippen molar-refractivity contribution in [2.75, 3.05) is 20.2 Å². The maximum absolute atomic E-state index is 11.7. The van der Waals surface area contributed by atoms with Crippen LogP contribution in [0.1, 0.15) is 24.8 Å². The highest BCUT2D eigenvalue weighted by Crippen LogP contribution is 2.12. The number of urea groups is 1. The summed E-state index contributed by atoms with van der Waals surface area (Å²) in [5.41, 5.74) is 1.02. The quantitative estimate of drug-likeness (QED) is 0.766. The first-order chi connectivity index (χ1) is 9.78. The molecule has 2 rings (SSSR count). The molecule has 0 spiro atoms. The maximum atomic E-state index is 11.7. The lowest BCUT2D eigenvalue weighted by atomic mass is 10.1. The van der Waals surface area contributed by atoms with E-state index in [1.54, 1.807) is 7.11 Å². The lowest BCUT2D eigenvalue weighted by Crippen LogP contribution is -2.46. The highest BCUT2D eigenvalue weighted by atomic mass is 16.5. The van der Waals surface area contributed by atoms with Crippen LogP contribution in [0.3, 0.4) is 0 Å². The van der Waals surface area contributed by atoms with Gasteiger partial charge in [-0.3, -0.25) is 0 Å². The number of nitrogens with one attached hydrogen (secondary N) is 3. The van der Waals surface area contributed by atoms with Crippen LogP contribution < -0.4 is 20.7 Å². The van der Waals surface area contributed by atoms with Crippen LogP contribution in [-0.4, -0.2) is 32.3 Å². The largest absolute Gasteiger partial charge is 0.497 e. The molecule has 1 unspecified atom stereocenters. The second-order valence-electron chi connectivity index (χ2n) is 5.06. The minimum Gasteiger partial charge on any atom is -0.497 e. The molecule has 20 heavy (non-hydrogen) atoms. The van der Waals surface area contributed by atoms with Crippen LogP contribution in [0, 0.1) is 0 Å². The molecule has 2 amide bonds. The first-order valence-electron chi connectivity index (χ1n) is 7.16. The summed E-state index contributed by atoms with van der Waals surface area (Å²) in [6.45, 7) is 2.24. The standard InChI is InChI=1S/C15H23N3O2/c1-20-14-7-4-5-12(9-14)10-17-15(19)18-11-13-6-2-3-8-16-13/h4-5,7,9,13,16H,2-3,6,8,10-11H2,1H3,(H2,17,18,19). The molecule has 0 bridgehead atoms. The summed E-state index contributed by atoms with van der Waals surface area (Å²) < 4.78 is 5.15. The van der Waals surface area contributed by atoms with Crippen LogP contribution in [0.5, 0.6) is 5.75 Å². The Morgan fingerprint density at radius 3 is 3.05 bits per heavy atom. The smallest absolute Gasteiger partial charge is 0.315 e. The SMILES string of the molecule is COc1cccc(CNC(=O)NCC2CCCCN2)c1. The fourth-order valence-corrected chi connectivity index (χ4v) is 2.34. The molecule has 1 fully saturated rings. The second kappa shape index (κ2) is 7.75. The first kappa shape index (κ1) is 14.7. The number of carbonyl (C=O) groups excluding carboxylic acids is 1. The van der Waals surface area contributed by atoms with Crippen molar-refractivity contribution in [3.8, 4) is 5.75 Å². The molecular formula is C15H23N3O2. The number of methoxy groups -OCH3 is 1. The zero-order chi connectivity index (χ0) is 14.2. The third kappa shape index (κ3) is 4.74. The molecule has 1 aromatic rings. The number of rotatable bonds is 5. The number of hydrogen-bond acceptors (Lipinski definition) is 3. The number of hydrogen-bond donors (Lipinski definition) is 3. The molecule has 1 heterocycles. The monoisotopic (exact) mass is 277 g/mol. The van der Waals surface area contributed by atoms with E-state index < -0.39 is 0 Å². The fraction of sp³-hybridized carbons (Fsp3) is 0.533. The Morgan fingerprint density at radius 2 is 2.30 bits per heavy atom. The van der Waals surface area contributed by atoms with Gasteiger partial charge in [0.25, 0.3) is 0 Å². The van der Waals surface area contributed by atoms with Gasteiger partial charge in [-0.2, -0.15) is 0 Å². The van der Waals surface area contributed by atoms with Gasteiger partial charge in [-0.15, -0.1) is 0 Å². The minimum atomic E-state index is -0.125. The highest BCUT2D eigenvalue weighted by Gasteiger charge is 2.12. The second-order valence-corrected chi connectivity index (χ2v) is 5.06. The lowest BCUT2D eigenvalue weighted by Gasteiger charge is -2.23. The minimum absolute atomic E-state index is 0.125. The molecule has 5 heteroatoms. The summed E-state index contributed by atoms with van der Waals surface area (Å²) in [5, 5.41) is 9.17. The topological polar surface area (TPSA) is 62.4 Å². The predicted octanol–water partition coefficient (Wildman–Crippen LogP) is 1.64. The molecular weight excluding hydrogens is 254 g/mol. The van der Waals surface area contributed by atoms with Crippen LogP contribution in [0.25, 0.3) is 0 Å². The average molecular weight is 277 g/mol. The van der Waals surface area contributed by atoms with Crippen molar-refractivity contribution in [3.63, 3.8) is 0 Å². The van der Waals surface area contributed by atoms with Crippen LogP contribution in [0.4, 0.5) is 4.79 Å². The van der Waals surface area contributed by atoms with Crippen molar-refractivity contribution in [2.24, 2.45) is 0 Å². The normalized spacial score (nSPS) is 18.4. The van der Waals surface area contributed by atoms with Gasteiger partial charge < -0.3 is 20.7 Å². The average Bonchev–Trinajstić information content (AvgIpc) is 2.52. The summed E-state index contributed by atoms with van der Waals surface area (Å²) in [7, 11) is 1.64. The number of amides is 2. The molecule has 1 aliphatic rings. The molecule has 0 aliphatic carbocycles. The van der Waals surface area contributed by atoms with Crippen molar-refractivity contribution in [3.05, 3.63) is 29.8 Å². The van der Waals surface area contributed by atoms with Gasteiger partial charge in [0, 0.05) is 19.1 Å². The van der Waals surface area contributed by atoms with Crippen LogP contribution in [0.15, 0.2) is 24.3 Å². The molecule has 1 aromatic carbocycles. The summed E-state index contributed by atoms with van der Waals surface area (Å²) in [4.78, 5) is 11.7. The number of piperidine rings is 1. The van der Waals surface area contributed by atoms with Crippen molar-refractivity contribution in [1.29, 1.82) is 0 Å².